The van der Waals surface area contributed by atoms with Gasteiger partial charge in [-0.2, -0.15) is 5.10 Å². The van der Waals surface area contributed by atoms with Gasteiger partial charge in [0.15, 0.2) is 5.78 Å². The monoisotopic (exact) mass is 335 g/mol. The number of rotatable bonds is 3. The second-order valence-corrected chi connectivity index (χ2v) is 6.42. The third kappa shape index (κ3) is 2.28. The maximum absolute atomic E-state index is 12.5. The predicted octanol–water partition coefficient (Wildman–Crippen LogP) is 4.25. The minimum absolute atomic E-state index is 0.0250. The molecule has 0 saturated carbocycles. The normalized spacial score (nSPS) is 14.4. The molecule has 0 spiro atoms. The third-order valence-electron chi connectivity index (χ3n) is 3.87. The first kappa shape index (κ1) is 14.6. The van der Waals surface area contributed by atoms with Crippen LogP contribution in [0.3, 0.4) is 0 Å². The molecule has 5 nitrogen and oxygen atoms in total. The molecule has 0 radical (unpaired) electrons. The Labute approximate surface area is 142 Å². The highest BCUT2D eigenvalue weighted by Gasteiger charge is 2.30. The number of Topliss-reactive ketones (excluding diaryl/α,β-unsaturated/α-hetero) is 1. The van der Waals surface area contributed by atoms with Gasteiger partial charge in [0.1, 0.15) is 5.76 Å². The number of carbonyl (C=O) groups is 1. The molecule has 0 fully saturated rings. The molecule has 3 aromatic rings. The Morgan fingerprint density at radius 1 is 1.12 bits per heavy atom. The fraction of sp³-hybridized carbons (Fsp3) is 0.0556. The van der Waals surface area contributed by atoms with Crippen LogP contribution in [0.2, 0.25) is 0 Å². The van der Waals surface area contributed by atoms with E-state index in [0.29, 0.717) is 22.0 Å². The Morgan fingerprint density at radius 3 is 2.58 bits per heavy atom. The number of thiazole rings is 1. The Morgan fingerprint density at radius 2 is 1.83 bits per heavy atom. The van der Waals surface area contributed by atoms with Crippen LogP contribution in [0.5, 0.6) is 0 Å². The number of aliphatic hydroxyl groups is 1. The van der Waals surface area contributed by atoms with Crippen molar-refractivity contribution in [3.63, 3.8) is 0 Å². The highest BCUT2D eigenvalue weighted by atomic mass is 32.1. The molecular formula is C18H13N3O2S. The lowest BCUT2D eigenvalue weighted by atomic mass is 10.1. The number of carbonyl (C=O) groups excluding carboxylic acids is 1. The van der Waals surface area contributed by atoms with Crippen molar-refractivity contribution in [1.29, 1.82) is 0 Å². The third-order valence-corrected chi connectivity index (χ3v) is 4.81. The zero-order valence-corrected chi connectivity index (χ0v) is 13.6. The number of benzene rings is 2. The van der Waals surface area contributed by atoms with Crippen molar-refractivity contribution in [3.05, 3.63) is 65.2 Å². The molecule has 0 aliphatic heterocycles. The molecule has 0 unspecified atom stereocenters. The number of aliphatic hydroxyl groups excluding tert-OH is 1. The second-order valence-electron chi connectivity index (χ2n) is 5.39. The van der Waals surface area contributed by atoms with Crippen LogP contribution >= 0.6 is 11.3 Å². The van der Waals surface area contributed by atoms with Crippen LogP contribution in [-0.2, 0) is 0 Å². The van der Waals surface area contributed by atoms with E-state index in [1.807, 2.05) is 24.3 Å². The molecule has 1 aliphatic carbocycles. The topological polar surface area (TPSA) is 74.6 Å². The summed E-state index contributed by atoms with van der Waals surface area (Å²) in [5.41, 5.74) is 5.47. The van der Waals surface area contributed by atoms with Crippen molar-refractivity contribution in [2.75, 3.05) is 5.43 Å². The average Bonchev–Trinajstić information content (AvgIpc) is 3.13. The number of hydrazone groups is 1. The van der Waals surface area contributed by atoms with Gasteiger partial charge in [-0.15, -0.1) is 0 Å². The molecule has 6 heteroatoms. The van der Waals surface area contributed by atoms with Crippen molar-refractivity contribution in [3.8, 4) is 0 Å². The quantitative estimate of drug-likeness (QED) is 0.554. The highest BCUT2D eigenvalue weighted by molar-refractivity contribution is 7.22. The molecule has 1 heterocycles. The Hall–Kier alpha value is -2.99. The molecule has 0 saturated heterocycles. The Bertz CT molecular complexity index is 1000. The summed E-state index contributed by atoms with van der Waals surface area (Å²) in [4.78, 5) is 16.9. The number of hydrogen-bond donors (Lipinski definition) is 2. The SMILES string of the molecule is C/C(=N/Nc1nc2ccccc2s1)C1=C(O)c2ccccc2C1=O. The predicted molar refractivity (Wildman–Crippen MR) is 96.7 cm³/mol. The summed E-state index contributed by atoms with van der Waals surface area (Å²) in [6.07, 6.45) is 0. The van der Waals surface area contributed by atoms with Gasteiger partial charge in [-0.1, -0.05) is 47.7 Å². The zero-order chi connectivity index (χ0) is 16.7. The van der Waals surface area contributed by atoms with Gasteiger partial charge in [0.25, 0.3) is 0 Å². The summed E-state index contributed by atoms with van der Waals surface area (Å²) < 4.78 is 1.05. The van der Waals surface area contributed by atoms with Crippen LogP contribution in [0.4, 0.5) is 5.13 Å². The zero-order valence-electron chi connectivity index (χ0n) is 12.8. The van der Waals surface area contributed by atoms with Crippen LogP contribution in [0, 0.1) is 0 Å². The van der Waals surface area contributed by atoms with Gasteiger partial charge in [-0.3, -0.25) is 10.2 Å². The second kappa shape index (κ2) is 5.58. The molecule has 1 aromatic heterocycles. The molecule has 2 aromatic carbocycles. The first-order chi connectivity index (χ1) is 11.6. The van der Waals surface area contributed by atoms with E-state index >= 15 is 0 Å². The van der Waals surface area contributed by atoms with E-state index in [9.17, 15) is 9.90 Å². The molecule has 0 atom stereocenters. The van der Waals surface area contributed by atoms with Crippen molar-refractivity contribution < 1.29 is 9.90 Å². The maximum Gasteiger partial charge on any atom is 0.204 e. The highest BCUT2D eigenvalue weighted by Crippen LogP contribution is 2.32. The number of aromatic nitrogens is 1. The first-order valence-corrected chi connectivity index (χ1v) is 8.20. The minimum atomic E-state index is -0.213. The minimum Gasteiger partial charge on any atom is -0.506 e. The Kier molecular flexibility index (Phi) is 3.39. The lowest BCUT2D eigenvalue weighted by molar-refractivity contribution is 0.104. The van der Waals surface area contributed by atoms with Crippen LogP contribution < -0.4 is 5.43 Å². The van der Waals surface area contributed by atoms with E-state index in [4.69, 9.17) is 0 Å². The number of anilines is 1. The number of fused-ring (bicyclic) bond motifs is 2. The summed E-state index contributed by atoms with van der Waals surface area (Å²) in [5.74, 6) is -0.238. The smallest absolute Gasteiger partial charge is 0.204 e. The van der Waals surface area contributed by atoms with E-state index in [1.54, 1.807) is 31.2 Å². The van der Waals surface area contributed by atoms with Crippen molar-refractivity contribution in [2.24, 2.45) is 5.10 Å². The maximum atomic E-state index is 12.5. The van der Waals surface area contributed by atoms with Gasteiger partial charge in [0.2, 0.25) is 5.13 Å². The van der Waals surface area contributed by atoms with Gasteiger partial charge in [0.05, 0.1) is 21.5 Å². The molecule has 0 amide bonds. The summed E-state index contributed by atoms with van der Waals surface area (Å²) in [5, 5.41) is 15.2. The molecule has 2 N–H and O–H groups in total. The van der Waals surface area contributed by atoms with Crippen LogP contribution in [0.1, 0.15) is 22.8 Å². The molecule has 4 rings (SSSR count). The van der Waals surface area contributed by atoms with E-state index < -0.39 is 0 Å². The van der Waals surface area contributed by atoms with Crippen LogP contribution in [-0.4, -0.2) is 21.6 Å². The molecular weight excluding hydrogens is 322 g/mol. The molecule has 118 valence electrons. The number of nitrogens with zero attached hydrogens (tertiary/aromatic N) is 2. The summed E-state index contributed by atoms with van der Waals surface area (Å²) in [6.45, 7) is 1.69. The van der Waals surface area contributed by atoms with E-state index in [1.165, 1.54) is 11.3 Å². The lowest BCUT2D eigenvalue weighted by Crippen LogP contribution is -2.09. The van der Waals surface area contributed by atoms with Crippen molar-refractivity contribution in [2.45, 2.75) is 6.92 Å². The first-order valence-electron chi connectivity index (χ1n) is 7.39. The van der Waals surface area contributed by atoms with Crippen molar-refractivity contribution in [1.82, 2.24) is 4.98 Å². The van der Waals surface area contributed by atoms with E-state index in [2.05, 4.69) is 15.5 Å². The summed E-state index contributed by atoms with van der Waals surface area (Å²) in [7, 11) is 0. The van der Waals surface area contributed by atoms with Crippen LogP contribution in [0.25, 0.3) is 16.0 Å². The summed E-state index contributed by atoms with van der Waals surface area (Å²) in [6, 6.07) is 14.8. The van der Waals surface area contributed by atoms with Gasteiger partial charge in [-0.05, 0) is 19.1 Å². The van der Waals surface area contributed by atoms with Gasteiger partial charge >= 0.3 is 0 Å². The van der Waals surface area contributed by atoms with E-state index in [0.717, 1.165) is 10.2 Å². The number of para-hydroxylation sites is 1. The van der Waals surface area contributed by atoms with Gasteiger partial charge in [0, 0.05) is 11.1 Å². The molecule has 24 heavy (non-hydrogen) atoms. The number of ketones is 1. The number of allylic oxidation sites excluding steroid dienone is 1. The lowest BCUT2D eigenvalue weighted by Gasteiger charge is -2.01. The van der Waals surface area contributed by atoms with E-state index in [-0.39, 0.29) is 17.1 Å². The fourth-order valence-corrected chi connectivity index (χ4v) is 3.52. The summed E-state index contributed by atoms with van der Waals surface area (Å²) >= 11 is 1.48. The van der Waals surface area contributed by atoms with Gasteiger partial charge < -0.3 is 5.11 Å². The van der Waals surface area contributed by atoms with Gasteiger partial charge in [-0.25, -0.2) is 4.98 Å². The largest absolute Gasteiger partial charge is 0.506 e. The average molecular weight is 335 g/mol. The standard InChI is InChI=1S/C18H13N3O2S/c1-10(15-16(22)11-6-2-3-7-12(11)17(15)23)20-21-18-19-13-8-4-5-9-14(13)24-18/h2-9,22H,1H3,(H,19,21)/b20-10-. The molecule has 1 aliphatic rings. The molecule has 0 bridgehead atoms. The Balaban J connectivity index is 1.64. The number of hydrogen-bond acceptors (Lipinski definition) is 6. The fourth-order valence-electron chi connectivity index (χ4n) is 2.71. The van der Waals surface area contributed by atoms with Crippen LogP contribution in [0.15, 0.2) is 59.2 Å². The number of nitrogens with one attached hydrogen (secondary N) is 1. The van der Waals surface area contributed by atoms with Crippen molar-refractivity contribution >= 4 is 43.9 Å².